The molecular formula is C16H11F3O2. The molecule has 108 valence electrons. The molecule has 0 fully saturated rings. The monoisotopic (exact) mass is 292 g/mol. The van der Waals surface area contributed by atoms with E-state index in [0.717, 1.165) is 12.1 Å². The van der Waals surface area contributed by atoms with Crippen molar-refractivity contribution in [2.24, 2.45) is 0 Å². The number of carbonyl (C=O) groups excluding carboxylic acids is 1. The van der Waals surface area contributed by atoms with Gasteiger partial charge in [-0.05, 0) is 35.9 Å². The van der Waals surface area contributed by atoms with Gasteiger partial charge in [0.1, 0.15) is 5.75 Å². The molecule has 0 radical (unpaired) electrons. The van der Waals surface area contributed by atoms with Crippen LogP contribution in [0.3, 0.4) is 0 Å². The van der Waals surface area contributed by atoms with Gasteiger partial charge in [-0.25, -0.2) is 0 Å². The van der Waals surface area contributed by atoms with Crippen molar-refractivity contribution in [3.8, 4) is 5.75 Å². The predicted molar refractivity (Wildman–Crippen MR) is 72.9 cm³/mol. The van der Waals surface area contributed by atoms with Gasteiger partial charge in [-0.3, -0.25) is 4.79 Å². The zero-order chi connectivity index (χ0) is 15.5. The van der Waals surface area contributed by atoms with Gasteiger partial charge in [-0.1, -0.05) is 30.3 Å². The van der Waals surface area contributed by atoms with E-state index in [4.69, 9.17) is 0 Å². The summed E-state index contributed by atoms with van der Waals surface area (Å²) in [6.07, 6.45) is -1.70. The summed E-state index contributed by atoms with van der Waals surface area (Å²) in [5.74, 6) is -0.366. The fourth-order valence-electron chi connectivity index (χ4n) is 1.71. The Hall–Kier alpha value is -2.56. The predicted octanol–water partition coefficient (Wildman–Crippen LogP) is 4.31. The highest BCUT2D eigenvalue weighted by atomic mass is 19.4. The largest absolute Gasteiger partial charge is 0.508 e. The highest BCUT2D eigenvalue weighted by molar-refractivity contribution is 6.07. The van der Waals surface area contributed by atoms with E-state index in [1.54, 1.807) is 6.07 Å². The molecule has 0 saturated carbocycles. The number of aromatic hydroxyl groups is 1. The zero-order valence-electron chi connectivity index (χ0n) is 10.8. The van der Waals surface area contributed by atoms with Gasteiger partial charge in [0, 0.05) is 5.56 Å². The van der Waals surface area contributed by atoms with E-state index in [2.05, 4.69) is 0 Å². The second kappa shape index (κ2) is 5.83. The van der Waals surface area contributed by atoms with Gasteiger partial charge in [-0.2, -0.15) is 13.2 Å². The van der Waals surface area contributed by atoms with Crippen molar-refractivity contribution in [1.82, 2.24) is 0 Å². The average molecular weight is 292 g/mol. The molecule has 2 aromatic rings. The maximum atomic E-state index is 12.4. The number of rotatable bonds is 3. The number of alkyl halides is 3. The number of hydrogen-bond acceptors (Lipinski definition) is 2. The first-order chi connectivity index (χ1) is 9.86. The Bertz CT molecular complexity index is 671. The molecular weight excluding hydrogens is 281 g/mol. The fraction of sp³-hybridized carbons (Fsp3) is 0.0625. The molecule has 0 unspecified atom stereocenters. The first-order valence-electron chi connectivity index (χ1n) is 6.05. The molecule has 0 atom stereocenters. The maximum Gasteiger partial charge on any atom is 0.416 e. The number of ketones is 1. The maximum absolute atomic E-state index is 12.4. The summed E-state index contributed by atoms with van der Waals surface area (Å²) in [5.41, 5.74) is 0.0497. The van der Waals surface area contributed by atoms with E-state index in [9.17, 15) is 23.1 Å². The molecule has 0 aliphatic carbocycles. The summed E-state index contributed by atoms with van der Waals surface area (Å²) < 4.78 is 37.2. The lowest BCUT2D eigenvalue weighted by Crippen LogP contribution is -2.04. The first-order valence-corrected chi connectivity index (χ1v) is 6.05. The third kappa shape index (κ3) is 3.95. The topological polar surface area (TPSA) is 37.3 Å². The van der Waals surface area contributed by atoms with Crippen molar-refractivity contribution >= 4 is 11.9 Å². The minimum Gasteiger partial charge on any atom is -0.508 e. The van der Waals surface area contributed by atoms with Crippen LogP contribution in [0, 0.1) is 0 Å². The highest BCUT2D eigenvalue weighted by Crippen LogP contribution is 2.29. The van der Waals surface area contributed by atoms with Crippen LogP contribution in [0.4, 0.5) is 13.2 Å². The van der Waals surface area contributed by atoms with E-state index >= 15 is 0 Å². The number of halogens is 3. The van der Waals surface area contributed by atoms with Crippen LogP contribution in [0.15, 0.2) is 54.6 Å². The van der Waals surface area contributed by atoms with Crippen LogP contribution >= 0.6 is 0 Å². The molecule has 0 aliphatic rings. The van der Waals surface area contributed by atoms with Crippen LogP contribution in [0.25, 0.3) is 6.08 Å². The van der Waals surface area contributed by atoms with Crippen molar-refractivity contribution in [2.45, 2.75) is 6.18 Å². The van der Waals surface area contributed by atoms with Crippen molar-refractivity contribution in [3.63, 3.8) is 0 Å². The molecule has 2 nitrogen and oxygen atoms in total. The minimum atomic E-state index is -4.38. The second-order valence-electron chi connectivity index (χ2n) is 4.37. The van der Waals surface area contributed by atoms with Gasteiger partial charge < -0.3 is 5.11 Å². The van der Waals surface area contributed by atoms with Gasteiger partial charge in [0.15, 0.2) is 5.78 Å². The highest BCUT2D eigenvalue weighted by Gasteiger charge is 2.29. The molecule has 1 N–H and O–H groups in total. The SMILES string of the molecule is O=C(C=Cc1ccc(C(F)(F)F)cc1)c1cccc(O)c1. The summed E-state index contributed by atoms with van der Waals surface area (Å²) in [7, 11) is 0. The van der Waals surface area contributed by atoms with Crippen LogP contribution in [0.2, 0.25) is 0 Å². The average Bonchev–Trinajstić information content (AvgIpc) is 2.44. The summed E-state index contributed by atoms with van der Waals surface area (Å²) in [5, 5.41) is 9.27. The normalized spacial score (nSPS) is 11.8. The van der Waals surface area contributed by atoms with E-state index in [-0.39, 0.29) is 11.5 Å². The van der Waals surface area contributed by atoms with Gasteiger partial charge in [0.05, 0.1) is 5.56 Å². The number of phenols is 1. The third-order valence-electron chi connectivity index (χ3n) is 2.80. The minimum absolute atomic E-state index is 0.0243. The molecule has 0 bridgehead atoms. The van der Waals surface area contributed by atoms with Gasteiger partial charge in [0.25, 0.3) is 0 Å². The molecule has 0 heterocycles. The Balaban J connectivity index is 2.12. The third-order valence-corrected chi connectivity index (χ3v) is 2.80. The lowest BCUT2D eigenvalue weighted by molar-refractivity contribution is -0.137. The van der Waals surface area contributed by atoms with Gasteiger partial charge >= 0.3 is 6.18 Å². The van der Waals surface area contributed by atoms with Crippen molar-refractivity contribution < 1.29 is 23.1 Å². The lowest BCUT2D eigenvalue weighted by atomic mass is 10.1. The number of carbonyl (C=O) groups is 1. The Morgan fingerprint density at radius 3 is 2.29 bits per heavy atom. The molecule has 0 amide bonds. The van der Waals surface area contributed by atoms with Gasteiger partial charge in [-0.15, -0.1) is 0 Å². The Morgan fingerprint density at radius 1 is 1.05 bits per heavy atom. The molecule has 5 heteroatoms. The van der Waals surface area contributed by atoms with E-state index in [1.807, 2.05) is 0 Å². The quantitative estimate of drug-likeness (QED) is 0.676. The number of phenolic OH excluding ortho intramolecular Hbond substituents is 1. The van der Waals surface area contributed by atoms with E-state index < -0.39 is 11.7 Å². The van der Waals surface area contributed by atoms with E-state index in [0.29, 0.717) is 11.1 Å². The second-order valence-corrected chi connectivity index (χ2v) is 4.37. The van der Waals surface area contributed by atoms with E-state index in [1.165, 1.54) is 42.5 Å². The summed E-state index contributed by atoms with van der Waals surface area (Å²) in [6, 6.07) is 10.3. The number of benzene rings is 2. The summed E-state index contributed by atoms with van der Waals surface area (Å²) in [6.45, 7) is 0. The molecule has 2 aromatic carbocycles. The summed E-state index contributed by atoms with van der Waals surface area (Å²) >= 11 is 0. The van der Waals surface area contributed by atoms with Crippen LogP contribution < -0.4 is 0 Å². The fourth-order valence-corrected chi connectivity index (χ4v) is 1.71. The van der Waals surface area contributed by atoms with Gasteiger partial charge in [0.2, 0.25) is 0 Å². The molecule has 0 saturated heterocycles. The van der Waals surface area contributed by atoms with Crippen LogP contribution in [-0.2, 0) is 6.18 Å². The number of allylic oxidation sites excluding steroid dienone is 1. The van der Waals surface area contributed by atoms with Crippen LogP contribution in [0.1, 0.15) is 21.5 Å². The zero-order valence-corrected chi connectivity index (χ0v) is 10.8. The molecule has 0 aromatic heterocycles. The Kier molecular flexibility index (Phi) is 4.12. The summed E-state index contributed by atoms with van der Waals surface area (Å²) in [4.78, 5) is 11.8. The molecule has 2 rings (SSSR count). The Labute approximate surface area is 119 Å². The van der Waals surface area contributed by atoms with Crippen molar-refractivity contribution in [3.05, 3.63) is 71.3 Å². The molecule has 0 aliphatic heterocycles. The van der Waals surface area contributed by atoms with Crippen LogP contribution in [-0.4, -0.2) is 10.9 Å². The standard InChI is InChI=1S/C16H11F3O2/c17-16(18,19)13-7-4-11(5-8-13)6-9-15(21)12-2-1-3-14(20)10-12/h1-10,20H. The lowest BCUT2D eigenvalue weighted by Gasteiger charge is -2.05. The number of hydrogen-bond donors (Lipinski definition) is 1. The van der Waals surface area contributed by atoms with Crippen molar-refractivity contribution in [1.29, 1.82) is 0 Å². The Morgan fingerprint density at radius 2 is 1.71 bits per heavy atom. The first kappa shape index (κ1) is 14.8. The smallest absolute Gasteiger partial charge is 0.416 e. The molecule has 21 heavy (non-hydrogen) atoms. The van der Waals surface area contributed by atoms with Crippen LogP contribution in [0.5, 0.6) is 5.75 Å². The van der Waals surface area contributed by atoms with Crippen molar-refractivity contribution in [2.75, 3.05) is 0 Å². The molecule has 0 spiro atoms.